The van der Waals surface area contributed by atoms with E-state index in [1.54, 1.807) is 23.9 Å². The minimum Gasteiger partial charge on any atom is -0.366 e. The molecule has 0 heterocycles. The van der Waals surface area contributed by atoms with Crippen molar-refractivity contribution in [3.8, 4) is 0 Å². The largest absolute Gasteiger partial charge is 0.366 e. The van der Waals surface area contributed by atoms with Crippen LogP contribution in [0.1, 0.15) is 21.5 Å². The molecule has 2 aromatic carbocycles. The lowest BCUT2D eigenvalue weighted by atomic mass is 10.1. The van der Waals surface area contributed by atoms with Gasteiger partial charge in [-0.1, -0.05) is 29.8 Å². The van der Waals surface area contributed by atoms with Gasteiger partial charge in [-0.2, -0.15) is 0 Å². The van der Waals surface area contributed by atoms with Crippen LogP contribution >= 0.6 is 11.8 Å². The summed E-state index contributed by atoms with van der Waals surface area (Å²) in [5, 5.41) is 0. The van der Waals surface area contributed by atoms with Crippen molar-refractivity contribution in [1.29, 1.82) is 0 Å². The molecule has 1 amide bonds. The number of thioether (sulfide) groups is 1. The molecule has 0 aliphatic heterocycles. The normalized spacial score (nSPS) is 10.3. The van der Waals surface area contributed by atoms with E-state index in [1.807, 2.05) is 12.1 Å². The summed E-state index contributed by atoms with van der Waals surface area (Å²) < 4.78 is 0. The van der Waals surface area contributed by atoms with Gasteiger partial charge in [0.1, 0.15) is 0 Å². The molecule has 0 spiro atoms. The molecule has 2 aromatic rings. The van der Waals surface area contributed by atoms with Crippen molar-refractivity contribution in [2.75, 3.05) is 0 Å². The Morgan fingerprint density at radius 2 is 1.67 bits per heavy atom. The monoisotopic (exact) mass is 257 g/mol. The highest BCUT2D eigenvalue weighted by Crippen LogP contribution is 2.23. The van der Waals surface area contributed by atoms with Crippen LogP contribution < -0.4 is 5.73 Å². The van der Waals surface area contributed by atoms with E-state index in [0.29, 0.717) is 5.56 Å². The number of hydrogen-bond acceptors (Lipinski definition) is 2. The standard InChI is InChI=1S/C15H15NOS/c1-11-2-8-14(9-3-11)18-10-12-4-6-13(7-5-12)15(16)17/h2-9H,10H2,1H3,(H2,16,17). The van der Waals surface area contributed by atoms with Gasteiger partial charge in [0.15, 0.2) is 0 Å². The van der Waals surface area contributed by atoms with Crippen molar-refractivity contribution in [3.63, 3.8) is 0 Å². The van der Waals surface area contributed by atoms with Gasteiger partial charge < -0.3 is 5.73 Å². The summed E-state index contributed by atoms with van der Waals surface area (Å²) in [6.07, 6.45) is 0. The Balaban J connectivity index is 1.97. The SMILES string of the molecule is Cc1ccc(SCc2ccc(C(N)=O)cc2)cc1. The smallest absolute Gasteiger partial charge is 0.248 e. The van der Waals surface area contributed by atoms with E-state index < -0.39 is 0 Å². The van der Waals surface area contributed by atoms with Crippen LogP contribution in [0.25, 0.3) is 0 Å². The Kier molecular flexibility index (Phi) is 4.05. The number of carbonyl (C=O) groups is 1. The fourth-order valence-corrected chi connectivity index (χ4v) is 2.42. The van der Waals surface area contributed by atoms with E-state index in [2.05, 4.69) is 31.2 Å². The van der Waals surface area contributed by atoms with Crippen LogP contribution in [0.3, 0.4) is 0 Å². The molecule has 2 nitrogen and oxygen atoms in total. The van der Waals surface area contributed by atoms with Crippen LogP contribution in [0.4, 0.5) is 0 Å². The summed E-state index contributed by atoms with van der Waals surface area (Å²) in [6, 6.07) is 15.9. The van der Waals surface area contributed by atoms with Crippen LogP contribution in [0.15, 0.2) is 53.4 Å². The van der Waals surface area contributed by atoms with Crippen LogP contribution in [-0.4, -0.2) is 5.91 Å². The summed E-state index contributed by atoms with van der Waals surface area (Å²) in [5.41, 5.74) is 8.21. The Bertz CT molecular complexity index is 531. The number of amides is 1. The fourth-order valence-electron chi connectivity index (χ4n) is 1.57. The molecule has 0 atom stereocenters. The van der Waals surface area contributed by atoms with Crippen molar-refractivity contribution >= 4 is 17.7 Å². The Labute approximate surface area is 111 Å². The van der Waals surface area contributed by atoms with Gasteiger partial charge in [-0.15, -0.1) is 11.8 Å². The van der Waals surface area contributed by atoms with Gasteiger partial charge in [0.2, 0.25) is 5.91 Å². The minimum atomic E-state index is -0.382. The van der Waals surface area contributed by atoms with E-state index >= 15 is 0 Å². The van der Waals surface area contributed by atoms with Gasteiger partial charge in [-0.05, 0) is 36.8 Å². The molecular formula is C15H15NOS. The number of hydrogen-bond donors (Lipinski definition) is 1. The third-order valence-corrected chi connectivity index (χ3v) is 3.75. The van der Waals surface area contributed by atoms with Crippen molar-refractivity contribution in [2.45, 2.75) is 17.6 Å². The zero-order valence-corrected chi connectivity index (χ0v) is 11.0. The Morgan fingerprint density at radius 3 is 2.22 bits per heavy atom. The Morgan fingerprint density at radius 1 is 1.06 bits per heavy atom. The number of nitrogens with two attached hydrogens (primary N) is 1. The second-order valence-electron chi connectivity index (χ2n) is 4.16. The quantitative estimate of drug-likeness (QED) is 0.853. The number of aryl methyl sites for hydroxylation is 1. The summed E-state index contributed by atoms with van der Waals surface area (Å²) in [6.45, 7) is 2.08. The molecule has 18 heavy (non-hydrogen) atoms. The first-order valence-corrected chi connectivity index (χ1v) is 6.72. The maximum atomic E-state index is 10.9. The van der Waals surface area contributed by atoms with Crippen LogP contribution in [0, 0.1) is 6.92 Å². The lowest BCUT2D eigenvalue weighted by molar-refractivity contribution is 0.100. The van der Waals surface area contributed by atoms with Gasteiger partial charge in [-0.25, -0.2) is 0 Å². The van der Waals surface area contributed by atoms with Crippen LogP contribution in [0.5, 0.6) is 0 Å². The van der Waals surface area contributed by atoms with E-state index in [4.69, 9.17) is 5.73 Å². The molecule has 0 fully saturated rings. The van der Waals surface area contributed by atoms with Crippen molar-refractivity contribution in [2.24, 2.45) is 5.73 Å². The van der Waals surface area contributed by atoms with Gasteiger partial charge in [-0.3, -0.25) is 4.79 Å². The molecule has 2 N–H and O–H groups in total. The van der Waals surface area contributed by atoms with Gasteiger partial charge >= 0.3 is 0 Å². The molecule has 0 saturated heterocycles. The number of primary amides is 1. The molecule has 0 aromatic heterocycles. The highest BCUT2D eigenvalue weighted by molar-refractivity contribution is 7.98. The molecular weight excluding hydrogens is 242 g/mol. The second-order valence-corrected chi connectivity index (χ2v) is 5.21. The van der Waals surface area contributed by atoms with E-state index in [1.165, 1.54) is 16.0 Å². The Hall–Kier alpha value is -1.74. The molecule has 0 radical (unpaired) electrons. The average molecular weight is 257 g/mol. The van der Waals surface area contributed by atoms with Crippen LogP contribution in [-0.2, 0) is 5.75 Å². The molecule has 0 bridgehead atoms. The molecule has 2 rings (SSSR count). The maximum Gasteiger partial charge on any atom is 0.248 e. The molecule has 0 saturated carbocycles. The first kappa shape index (κ1) is 12.7. The average Bonchev–Trinajstić information content (AvgIpc) is 2.38. The minimum absolute atomic E-state index is 0.382. The second kappa shape index (κ2) is 5.74. The maximum absolute atomic E-state index is 10.9. The van der Waals surface area contributed by atoms with Gasteiger partial charge in [0.05, 0.1) is 0 Å². The predicted molar refractivity (Wildman–Crippen MR) is 75.7 cm³/mol. The van der Waals surface area contributed by atoms with Gasteiger partial charge in [0.25, 0.3) is 0 Å². The number of rotatable bonds is 4. The van der Waals surface area contributed by atoms with Gasteiger partial charge in [0, 0.05) is 16.2 Å². The highest BCUT2D eigenvalue weighted by Gasteiger charge is 2.00. The summed E-state index contributed by atoms with van der Waals surface area (Å²) in [7, 11) is 0. The zero-order chi connectivity index (χ0) is 13.0. The van der Waals surface area contributed by atoms with Crippen molar-refractivity contribution < 1.29 is 4.79 Å². The molecule has 3 heteroatoms. The third kappa shape index (κ3) is 3.37. The number of benzene rings is 2. The summed E-state index contributed by atoms with van der Waals surface area (Å²) in [5.74, 6) is 0.509. The van der Waals surface area contributed by atoms with E-state index in [0.717, 1.165) is 5.75 Å². The zero-order valence-electron chi connectivity index (χ0n) is 10.2. The van der Waals surface area contributed by atoms with E-state index in [-0.39, 0.29) is 5.91 Å². The first-order valence-electron chi connectivity index (χ1n) is 5.73. The summed E-state index contributed by atoms with van der Waals surface area (Å²) >= 11 is 1.78. The van der Waals surface area contributed by atoms with Crippen LogP contribution in [0.2, 0.25) is 0 Å². The van der Waals surface area contributed by atoms with Crippen molar-refractivity contribution in [1.82, 2.24) is 0 Å². The van der Waals surface area contributed by atoms with Crippen molar-refractivity contribution in [3.05, 3.63) is 65.2 Å². The lowest BCUT2D eigenvalue weighted by Crippen LogP contribution is -2.10. The fraction of sp³-hybridized carbons (Fsp3) is 0.133. The van der Waals surface area contributed by atoms with E-state index in [9.17, 15) is 4.79 Å². The predicted octanol–water partition coefficient (Wildman–Crippen LogP) is 3.39. The first-order chi connectivity index (χ1) is 8.65. The molecule has 92 valence electrons. The summed E-state index contributed by atoms with van der Waals surface area (Å²) in [4.78, 5) is 12.2. The molecule has 0 aliphatic carbocycles. The number of carbonyl (C=O) groups excluding carboxylic acids is 1. The molecule has 0 unspecified atom stereocenters. The highest BCUT2D eigenvalue weighted by atomic mass is 32.2. The third-order valence-electron chi connectivity index (χ3n) is 2.66. The molecule has 0 aliphatic rings. The lowest BCUT2D eigenvalue weighted by Gasteiger charge is -2.03. The topological polar surface area (TPSA) is 43.1 Å².